The van der Waals surface area contributed by atoms with Gasteiger partial charge in [0.05, 0.1) is 5.56 Å². The number of pyridine rings is 1. The molecule has 0 bridgehead atoms. The van der Waals surface area contributed by atoms with Crippen LogP contribution in [0.1, 0.15) is 18.1 Å². The molecule has 4 heteroatoms. The first-order valence-electron chi connectivity index (χ1n) is 5.79. The van der Waals surface area contributed by atoms with Crippen LogP contribution in [0.3, 0.4) is 0 Å². The van der Waals surface area contributed by atoms with E-state index in [0.29, 0.717) is 5.56 Å². The van der Waals surface area contributed by atoms with Crippen molar-refractivity contribution >= 4 is 11.0 Å². The van der Waals surface area contributed by atoms with Crippen LogP contribution in [0.5, 0.6) is 0 Å². The summed E-state index contributed by atoms with van der Waals surface area (Å²) in [5.41, 5.74) is 2.70. The highest BCUT2D eigenvalue weighted by Crippen LogP contribution is 2.18. The van der Waals surface area contributed by atoms with Gasteiger partial charge < -0.3 is 9.88 Å². The molecule has 0 aliphatic heterocycles. The van der Waals surface area contributed by atoms with Gasteiger partial charge in [-0.2, -0.15) is 5.26 Å². The molecule has 1 N–H and O–H groups in total. The third kappa shape index (κ3) is 2.45. The standard InChI is InChI=1S/C13H16N4/c1-3-17(2)5-4-11-9-16-13-12(11)6-10(7-14)8-15-13/h6,8-9H,3-5H2,1-2H3,(H,15,16). The summed E-state index contributed by atoms with van der Waals surface area (Å²) in [6.07, 6.45) is 4.56. The van der Waals surface area contributed by atoms with Crippen molar-refractivity contribution in [3.05, 3.63) is 29.6 Å². The second kappa shape index (κ2) is 4.98. The maximum absolute atomic E-state index is 8.87. The fourth-order valence-electron chi connectivity index (χ4n) is 1.80. The van der Waals surface area contributed by atoms with Gasteiger partial charge in [0.2, 0.25) is 0 Å². The molecule has 0 spiro atoms. The van der Waals surface area contributed by atoms with Gasteiger partial charge in [-0.25, -0.2) is 4.98 Å². The van der Waals surface area contributed by atoms with Crippen molar-refractivity contribution in [2.45, 2.75) is 13.3 Å². The van der Waals surface area contributed by atoms with Gasteiger partial charge in [0, 0.05) is 24.3 Å². The van der Waals surface area contributed by atoms with Crippen LogP contribution in [0.25, 0.3) is 11.0 Å². The Kier molecular flexibility index (Phi) is 3.40. The summed E-state index contributed by atoms with van der Waals surface area (Å²) in [4.78, 5) is 9.63. The molecule has 2 rings (SSSR count). The minimum Gasteiger partial charge on any atom is -0.346 e. The van der Waals surface area contributed by atoms with Crippen molar-refractivity contribution in [2.24, 2.45) is 0 Å². The summed E-state index contributed by atoms with van der Waals surface area (Å²) in [6.45, 7) is 4.20. The van der Waals surface area contributed by atoms with Crippen molar-refractivity contribution in [2.75, 3.05) is 20.1 Å². The Hall–Kier alpha value is -1.86. The molecule has 0 fully saturated rings. The van der Waals surface area contributed by atoms with Crippen molar-refractivity contribution in [1.82, 2.24) is 14.9 Å². The number of H-pyrrole nitrogens is 1. The average molecular weight is 228 g/mol. The molecule has 2 aromatic heterocycles. The number of hydrogen-bond donors (Lipinski definition) is 1. The maximum atomic E-state index is 8.87. The van der Waals surface area contributed by atoms with Gasteiger partial charge >= 0.3 is 0 Å². The van der Waals surface area contributed by atoms with E-state index in [2.05, 4.69) is 34.9 Å². The Morgan fingerprint density at radius 2 is 2.35 bits per heavy atom. The fourth-order valence-corrected chi connectivity index (χ4v) is 1.80. The molecule has 0 aliphatic carbocycles. The largest absolute Gasteiger partial charge is 0.346 e. The predicted molar refractivity (Wildman–Crippen MR) is 67.7 cm³/mol. The summed E-state index contributed by atoms with van der Waals surface area (Å²) in [7, 11) is 2.10. The first kappa shape index (κ1) is 11.6. The number of likely N-dealkylation sites (N-methyl/N-ethyl adjacent to an activating group) is 1. The zero-order valence-corrected chi connectivity index (χ0v) is 10.2. The van der Waals surface area contributed by atoms with Crippen molar-refractivity contribution in [1.29, 1.82) is 5.26 Å². The highest BCUT2D eigenvalue weighted by Gasteiger charge is 2.06. The molecule has 0 aliphatic rings. The monoisotopic (exact) mass is 228 g/mol. The van der Waals surface area contributed by atoms with Crippen LogP contribution in [0.15, 0.2) is 18.5 Å². The normalized spacial score (nSPS) is 10.9. The number of nitrogens with one attached hydrogen (secondary N) is 1. The van der Waals surface area contributed by atoms with E-state index in [1.54, 1.807) is 6.20 Å². The lowest BCUT2D eigenvalue weighted by Gasteiger charge is -2.12. The Bertz CT molecular complexity index is 550. The van der Waals surface area contributed by atoms with Crippen LogP contribution in [0.4, 0.5) is 0 Å². The van der Waals surface area contributed by atoms with E-state index in [0.717, 1.165) is 30.5 Å². The highest BCUT2D eigenvalue weighted by molar-refractivity contribution is 5.80. The van der Waals surface area contributed by atoms with E-state index in [9.17, 15) is 0 Å². The maximum Gasteiger partial charge on any atom is 0.137 e. The summed E-state index contributed by atoms with van der Waals surface area (Å²) in [5.74, 6) is 0. The number of rotatable bonds is 4. The first-order chi connectivity index (χ1) is 8.24. The van der Waals surface area contributed by atoms with E-state index in [1.807, 2.05) is 12.3 Å². The third-order valence-electron chi connectivity index (χ3n) is 3.05. The van der Waals surface area contributed by atoms with E-state index in [4.69, 9.17) is 5.26 Å². The highest BCUT2D eigenvalue weighted by atomic mass is 15.1. The van der Waals surface area contributed by atoms with Crippen LogP contribution < -0.4 is 0 Å². The molecule has 0 amide bonds. The lowest BCUT2D eigenvalue weighted by Crippen LogP contribution is -2.20. The number of nitrogens with zero attached hydrogens (tertiary/aromatic N) is 3. The Balaban J connectivity index is 2.25. The van der Waals surface area contributed by atoms with Gasteiger partial charge in [-0.15, -0.1) is 0 Å². The van der Waals surface area contributed by atoms with Crippen molar-refractivity contribution < 1.29 is 0 Å². The quantitative estimate of drug-likeness (QED) is 0.870. The first-order valence-corrected chi connectivity index (χ1v) is 5.79. The van der Waals surface area contributed by atoms with Gasteiger partial charge in [-0.1, -0.05) is 6.92 Å². The second-order valence-electron chi connectivity index (χ2n) is 4.19. The molecular weight excluding hydrogens is 212 g/mol. The van der Waals surface area contributed by atoms with E-state index < -0.39 is 0 Å². The van der Waals surface area contributed by atoms with Crippen LogP contribution in [0.2, 0.25) is 0 Å². The van der Waals surface area contributed by atoms with Crippen LogP contribution >= 0.6 is 0 Å². The lowest BCUT2D eigenvalue weighted by molar-refractivity contribution is 0.358. The van der Waals surface area contributed by atoms with Crippen molar-refractivity contribution in [3.63, 3.8) is 0 Å². The molecule has 0 atom stereocenters. The summed E-state index contributed by atoms with van der Waals surface area (Å²) in [6, 6.07) is 4.03. The minimum absolute atomic E-state index is 0.613. The topological polar surface area (TPSA) is 55.7 Å². The van der Waals surface area contributed by atoms with Gasteiger partial charge in [0.25, 0.3) is 0 Å². The third-order valence-corrected chi connectivity index (χ3v) is 3.05. The minimum atomic E-state index is 0.613. The SMILES string of the molecule is CCN(C)CCc1c[nH]c2ncc(C#N)cc12. The molecule has 0 aromatic carbocycles. The molecule has 0 radical (unpaired) electrons. The van der Waals surface area contributed by atoms with Crippen LogP contribution in [-0.2, 0) is 6.42 Å². The molecule has 88 valence electrons. The van der Waals surface area contributed by atoms with Crippen LogP contribution in [-0.4, -0.2) is 35.0 Å². The molecule has 4 nitrogen and oxygen atoms in total. The number of nitriles is 1. The van der Waals surface area contributed by atoms with E-state index >= 15 is 0 Å². The van der Waals surface area contributed by atoms with E-state index in [-0.39, 0.29) is 0 Å². The van der Waals surface area contributed by atoms with Gasteiger partial charge in [-0.3, -0.25) is 0 Å². The molecule has 0 saturated carbocycles. The Labute approximate surface area is 101 Å². The van der Waals surface area contributed by atoms with E-state index in [1.165, 1.54) is 5.56 Å². The zero-order valence-electron chi connectivity index (χ0n) is 10.2. The van der Waals surface area contributed by atoms with Gasteiger partial charge in [-0.05, 0) is 31.6 Å². The summed E-state index contributed by atoms with van der Waals surface area (Å²) in [5, 5.41) is 9.94. The molecule has 2 aromatic rings. The fraction of sp³-hybridized carbons (Fsp3) is 0.385. The van der Waals surface area contributed by atoms with Gasteiger partial charge in [0.1, 0.15) is 11.7 Å². The second-order valence-corrected chi connectivity index (χ2v) is 4.19. The number of aromatic amines is 1. The van der Waals surface area contributed by atoms with Crippen LogP contribution in [0, 0.1) is 11.3 Å². The molecule has 0 saturated heterocycles. The zero-order chi connectivity index (χ0) is 12.3. The molecule has 2 heterocycles. The lowest BCUT2D eigenvalue weighted by atomic mass is 10.1. The number of hydrogen-bond acceptors (Lipinski definition) is 3. The molecular formula is C13H16N4. The Morgan fingerprint density at radius 3 is 3.06 bits per heavy atom. The molecule has 17 heavy (non-hydrogen) atoms. The molecule has 0 unspecified atom stereocenters. The predicted octanol–water partition coefficient (Wildman–Crippen LogP) is 1.93. The smallest absolute Gasteiger partial charge is 0.137 e. The summed E-state index contributed by atoms with van der Waals surface area (Å²) < 4.78 is 0. The number of fused-ring (bicyclic) bond motifs is 1. The van der Waals surface area contributed by atoms with Gasteiger partial charge in [0.15, 0.2) is 0 Å². The van der Waals surface area contributed by atoms with Crippen molar-refractivity contribution in [3.8, 4) is 6.07 Å². The Morgan fingerprint density at radius 1 is 1.53 bits per heavy atom. The average Bonchev–Trinajstić information content (AvgIpc) is 2.78. The number of aromatic nitrogens is 2. The summed E-state index contributed by atoms with van der Waals surface area (Å²) >= 11 is 0.